The minimum Gasteiger partial charge on any atom is -0.393 e. The first-order valence-electron chi connectivity index (χ1n) is 7.71. The van der Waals surface area contributed by atoms with E-state index in [9.17, 15) is 9.90 Å². The second kappa shape index (κ2) is 9.52. The molecule has 24 heavy (non-hydrogen) atoms. The summed E-state index contributed by atoms with van der Waals surface area (Å²) in [4.78, 5) is 14.0. The standard InChI is InChI=1S/C19H20ClNO2S/c1-14(22)12-13-21-19(23)11-6-15-4-2-3-5-18(15)24-17-9-7-16(20)8-10-17/h2-11,14,22H,12-13H2,1H3,(H,21,23). The largest absolute Gasteiger partial charge is 0.393 e. The van der Waals surface area contributed by atoms with Crippen molar-refractivity contribution < 1.29 is 9.90 Å². The Kier molecular flexibility index (Phi) is 7.37. The van der Waals surface area contributed by atoms with Gasteiger partial charge in [-0.2, -0.15) is 0 Å². The second-order valence-electron chi connectivity index (χ2n) is 5.36. The van der Waals surface area contributed by atoms with E-state index in [2.05, 4.69) is 5.32 Å². The molecule has 0 saturated heterocycles. The highest BCUT2D eigenvalue weighted by molar-refractivity contribution is 7.99. The molecular weight excluding hydrogens is 342 g/mol. The molecule has 1 unspecified atom stereocenters. The van der Waals surface area contributed by atoms with Gasteiger partial charge in [-0.15, -0.1) is 0 Å². The van der Waals surface area contributed by atoms with Crippen LogP contribution in [-0.2, 0) is 4.79 Å². The number of nitrogens with one attached hydrogen (secondary N) is 1. The van der Waals surface area contributed by atoms with Crippen molar-refractivity contribution in [2.45, 2.75) is 29.2 Å². The van der Waals surface area contributed by atoms with Gasteiger partial charge in [-0.05, 0) is 55.3 Å². The molecule has 0 spiro atoms. The number of aliphatic hydroxyl groups excluding tert-OH is 1. The summed E-state index contributed by atoms with van der Waals surface area (Å²) in [7, 11) is 0. The molecule has 126 valence electrons. The van der Waals surface area contributed by atoms with Crippen LogP contribution >= 0.6 is 23.4 Å². The van der Waals surface area contributed by atoms with Crippen molar-refractivity contribution in [3.8, 4) is 0 Å². The van der Waals surface area contributed by atoms with Crippen LogP contribution in [0.3, 0.4) is 0 Å². The van der Waals surface area contributed by atoms with Crippen molar-refractivity contribution in [3.63, 3.8) is 0 Å². The third kappa shape index (κ3) is 6.40. The molecule has 0 radical (unpaired) electrons. The Hall–Kier alpha value is -1.75. The fourth-order valence-electron chi connectivity index (χ4n) is 1.97. The van der Waals surface area contributed by atoms with E-state index in [0.717, 1.165) is 15.4 Å². The zero-order chi connectivity index (χ0) is 17.4. The maximum Gasteiger partial charge on any atom is 0.244 e. The predicted octanol–water partition coefficient (Wildman–Crippen LogP) is 4.39. The third-order valence-corrected chi connectivity index (χ3v) is 4.59. The lowest BCUT2D eigenvalue weighted by atomic mass is 10.2. The van der Waals surface area contributed by atoms with Gasteiger partial charge in [0.05, 0.1) is 6.10 Å². The van der Waals surface area contributed by atoms with E-state index in [0.29, 0.717) is 18.0 Å². The number of amides is 1. The van der Waals surface area contributed by atoms with Gasteiger partial charge in [0.2, 0.25) is 5.91 Å². The molecule has 0 aromatic heterocycles. The molecule has 0 fully saturated rings. The van der Waals surface area contributed by atoms with E-state index in [1.807, 2.05) is 48.5 Å². The smallest absolute Gasteiger partial charge is 0.244 e. The highest BCUT2D eigenvalue weighted by atomic mass is 35.5. The first kappa shape index (κ1) is 18.6. The van der Waals surface area contributed by atoms with E-state index in [1.54, 1.807) is 24.8 Å². The van der Waals surface area contributed by atoms with Gasteiger partial charge in [0.25, 0.3) is 0 Å². The molecule has 0 aliphatic carbocycles. The van der Waals surface area contributed by atoms with Crippen LogP contribution in [0.2, 0.25) is 5.02 Å². The number of carbonyl (C=O) groups excluding carboxylic acids is 1. The van der Waals surface area contributed by atoms with Crippen molar-refractivity contribution in [2.24, 2.45) is 0 Å². The van der Waals surface area contributed by atoms with Gasteiger partial charge >= 0.3 is 0 Å². The Bertz CT molecular complexity index is 699. The number of hydrogen-bond acceptors (Lipinski definition) is 3. The van der Waals surface area contributed by atoms with E-state index < -0.39 is 6.10 Å². The van der Waals surface area contributed by atoms with Crippen LogP contribution in [0.15, 0.2) is 64.4 Å². The molecule has 0 bridgehead atoms. The lowest BCUT2D eigenvalue weighted by molar-refractivity contribution is -0.116. The third-order valence-electron chi connectivity index (χ3n) is 3.24. The topological polar surface area (TPSA) is 49.3 Å². The van der Waals surface area contributed by atoms with Crippen molar-refractivity contribution in [1.29, 1.82) is 0 Å². The average Bonchev–Trinajstić information content (AvgIpc) is 2.56. The maximum atomic E-state index is 11.8. The summed E-state index contributed by atoms with van der Waals surface area (Å²) in [5.41, 5.74) is 0.975. The quantitative estimate of drug-likeness (QED) is 0.719. The fraction of sp³-hybridized carbons (Fsp3) is 0.211. The Morgan fingerprint density at radius 3 is 2.67 bits per heavy atom. The number of hydrogen-bond donors (Lipinski definition) is 2. The maximum absolute atomic E-state index is 11.8. The van der Waals surface area contributed by atoms with Gasteiger partial charge in [-0.3, -0.25) is 4.79 Å². The number of carbonyl (C=O) groups is 1. The van der Waals surface area contributed by atoms with Gasteiger partial charge in [0, 0.05) is 27.4 Å². The van der Waals surface area contributed by atoms with Crippen molar-refractivity contribution in [2.75, 3.05) is 6.54 Å². The molecule has 0 saturated carbocycles. The molecular formula is C19H20ClNO2S. The van der Waals surface area contributed by atoms with E-state index in [4.69, 9.17) is 11.6 Å². The van der Waals surface area contributed by atoms with Gasteiger partial charge in [-0.1, -0.05) is 41.6 Å². The first-order valence-corrected chi connectivity index (χ1v) is 8.90. The minimum absolute atomic E-state index is 0.165. The monoisotopic (exact) mass is 361 g/mol. The van der Waals surface area contributed by atoms with Crippen molar-refractivity contribution in [3.05, 3.63) is 65.2 Å². The summed E-state index contributed by atoms with van der Waals surface area (Å²) in [5, 5.41) is 12.6. The minimum atomic E-state index is -0.411. The van der Waals surface area contributed by atoms with Crippen LogP contribution in [0.1, 0.15) is 18.9 Å². The van der Waals surface area contributed by atoms with Crippen molar-refractivity contribution in [1.82, 2.24) is 5.32 Å². The summed E-state index contributed by atoms with van der Waals surface area (Å²) in [6.45, 7) is 2.16. The molecule has 2 rings (SSSR count). The van der Waals surface area contributed by atoms with Gasteiger partial charge in [-0.25, -0.2) is 0 Å². The number of halogens is 1. The molecule has 0 heterocycles. The van der Waals surface area contributed by atoms with Crippen LogP contribution in [-0.4, -0.2) is 23.7 Å². The second-order valence-corrected chi connectivity index (χ2v) is 6.91. The Morgan fingerprint density at radius 1 is 1.25 bits per heavy atom. The van der Waals surface area contributed by atoms with Crippen LogP contribution < -0.4 is 5.32 Å². The normalized spacial score (nSPS) is 12.3. The Morgan fingerprint density at radius 2 is 1.96 bits per heavy atom. The van der Waals surface area contributed by atoms with E-state index >= 15 is 0 Å². The predicted molar refractivity (Wildman–Crippen MR) is 100 cm³/mol. The van der Waals surface area contributed by atoms with Crippen molar-refractivity contribution >= 4 is 35.3 Å². The number of benzene rings is 2. The zero-order valence-corrected chi connectivity index (χ0v) is 15.0. The van der Waals surface area contributed by atoms with Gasteiger partial charge in [0.1, 0.15) is 0 Å². The summed E-state index contributed by atoms with van der Waals surface area (Å²) < 4.78 is 0. The fourth-order valence-corrected chi connectivity index (χ4v) is 3.02. The average molecular weight is 362 g/mol. The molecule has 1 amide bonds. The van der Waals surface area contributed by atoms with E-state index in [1.165, 1.54) is 6.08 Å². The number of rotatable bonds is 7. The van der Waals surface area contributed by atoms with E-state index in [-0.39, 0.29) is 5.91 Å². The molecule has 3 nitrogen and oxygen atoms in total. The van der Waals surface area contributed by atoms with Crippen LogP contribution in [0.5, 0.6) is 0 Å². The Balaban J connectivity index is 2.01. The lowest BCUT2D eigenvalue weighted by Gasteiger charge is -2.06. The summed E-state index contributed by atoms with van der Waals surface area (Å²) >= 11 is 7.53. The molecule has 0 aliphatic heterocycles. The molecule has 1 atom stereocenters. The highest BCUT2D eigenvalue weighted by Crippen LogP contribution is 2.31. The lowest BCUT2D eigenvalue weighted by Crippen LogP contribution is -2.24. The Labute approximate surface area is 151 Å². The molecule has 2 aromatic rings. The summed E-state index contributed by atoms with van der Waals surface area (Å²) in [6, 6.07) is 15.6. The molecule has 2 aromatic carbocycles. The van der Waals surface area contributed by atoms with Crippen LogP contribution in [0.25, 0.3) is 6.08 Å². The highest BCUT2D eigenvalue weighted by Gasteiger charge is 2.03. The summed E-state index contributed by atoms with van der Waals surface area (Å²) in [5.74, 6) is -0.165. The first-order chi connectivity index (χ1) is 11.5. The van der Waals surface area contributed by atoms with Gasteiger partial charge in [0.15, 0.2) is 0 Å². The summed E-state index contributed by atoms with van der Waals surface area (Å²) in [6.07, 6.45) is 3.45. The SMILES string of the molecule is CC(O)CCNC(=O)C=Cc1ccccc1Sc1ccc(Cl)cc1. The van der Waals surface area contributed by atoms with Crippen LogP contribution in [0, 0.1) is 0 Å². The molecule has 2 N–H and O–H groups in total. The number of aliphatic hydroxyl groups is 1. The molecule has 5 heteroatoms. The van der Waals surface area contributed by atoms with Gasteiger partial charge < -0.3 is 10.4 Å². The molecule has 0 aliphatic rings. The van der Waals surface area contributed by atoms with Crippen LogP contribution in [0.4, 0.5) is 0 Å². The zero-order valence-electron chi connectivity index (χ0n) is 13.4.